The lowest BCUT2D eigenvalue weighted by Gasteiger charge is -2.02. The number of aliphatic hydroxyl groups is 1. The fourth-order valence-electron chi connectivity index (χ4n) is 1.04. The first-order valence-electron chi connectivity index (χ1n) is 5.00. The summed E-state index contributed by atoms with van der Waals surface area (Å²) in [5.41, 5.74) is 0.202. The van der Waals surface area contributed by atoms with Crippen molar-refractivity contribution < 1.29 is 19.4 Å². The Labute approximate surface area is 104 Å². The van der Waals surface area contributed by atoms with Crippen LogP contribution in [0.2, 0.25) is 0 Å². The fourth-order valence-corrected chi connectivity index (χ4v) is 1.04. The topological polar surface area (TPSA) is 93.4 Å². The largest absolute Gasteiger partial charge is 0.507 e. The van der Waals surface area contributed by atoms with Crippen LogP contribution in [0, 0.1) is 0 Å². The van der Waals surface area contributed by atoms with Crippen molar-refractivity contribution in [3.8, 4) is 0 Å². The highest BCUT2D eigenvalue weighted by Gasteiger charge is 2.15. The zero-order valence-electron chi connectivity index (χ0n) is 10.0. The predicted octanol–water partition coefficient (Wildman–Crippen LogP) is 1.75. The number of pyridine rings is 1. The van der Waals surface area contributed by atoms with Crippen molar-refractivity contribution in [1.82, 2.24) is 4.98 Å². The Hall–Kier alpha value is -2.28. The number of aromatic nitrogens is 1. The zero-order chi connectivity index (χ0) is 13.4. The van der Waals surface area contributed by atoms with E-state index >= 15 is 0 Å². The summed E-state index contributed by atoms with van der Waals surface area (Å²) in [6, 6.07) is 3.21. The van der Waals surface area contributed by atoms with Gasteiger partial charge in [-0.05, 0) is 12.1 Å². The van der Waals surface area contributed by atoms with E-state index in [1.54, 1.807) is 12.1 Å². The summed E-state index contributed by atoms with van der Waals surface area (Å²) >= 11 is 0. The maximum Gasteiger partial charge on any atom is 0.362 e. The van der Waals surface area contributed by atoms with Crippen LogP contribution in [0.1, 0.15) is 0 Å². The second-order valence-electron chi connectivity index (χ2n) is 3.13. The van der Waals surface area contributed by atoms with Crippen molar-refractivity contribution in [2.24, 2.45) is 10.2 Å². The Morgan fingerprint density at radius 3 is 2.61 bits per heavy atom. The van der Waals surface area contributed by atoms with Crippen LogP contribution in [-0.2, 0) is 14.3 Å². The van der Waals surface area contributed by atoms with E-state index in [2.05, 4.69) is 19.9 Å². The molecule has 0 saturated heterocycles. The van der Waals surface area contributed by atoms with Gasteiger partial charge >= 0.3 is 5.97 Å². The highest BCUT2D eigenvalue weighted by atomic mass is 16.5. The summed E-state index contributed by atoms with van der Waals surface area (Å²) in [4.78, 5) is 15.2. The molecule has 0 aliphatic rings. The molecule has 0 aliphatic carbocycles. The first kappa shape index (κ1) is 13.8. The molecule has 0 fully saturated rings. The van der Waals surface area contributed by atoms with Crippen molar-refractivity contribution in [2.45, 2.75) is 0 Å². The number of aliphatic hydroxyl groups excluding tert-OH is 1. The van der Waals surface area contributed by atoms with Gasteiger partial charge in [0.1, 0.15) is 6.61 Å². The molecule has 18 heavy (non-hydrogen) atoms. The van der Waals surface area contributed by atoms with E-state index in [0.29, 0.717) is 5.69 Å². The Morgan fingerprint density at radius 2 is 2.06 bits per heavy atom. The van der Waals surface area contributed by atoms with Crippen LogP contribution in [0.3, 0.4) is 0 Å². The van der Waals surface area contributed by atoms with Crippen molar-refractivity contribution >= 4 is 11.7 Å². The average molecular weight is 251 g/mol. The normalized spacial score (nSPS) is 12.3. The van der Waals surface area contributed by atoms with E-state index in [-0.39, 0.29) is 18.1 Å². The monoisotopic (exact) mass is 251 g/mol. The molecule has 96 valence electrons. The van der Waals surface area contributed by atoms with Gasteiger partial charge in [0.15, 0.2) is 5.76 Å². The molecule has 1 heterocycles. The molecule has 7 nitrogen and oxygen atoms in total. The molecular formula is C11H13N3O4. The molecule has 0 radical (unpaired) electrons. The van der Waals surface area contributed by atoms with E-state index < -0.39 is 5.97 Å². The molecule has 0 saturated carbocycles. The molecular weight excluding hydrogens is 238 g/mol. The second kappa shape index (κ2) is 7.13. The van der Waals surface area contributed by atoms with Crippen molar-refractivity contribution in [3.63, 3.8) is 0 Å². The minimum absolute atomic E-state index is 0.153. The summed E-state index contributed by atoms with van der Waals surface area (Å²) < 4.78 is 9.19. The minimum Gasteiger partial charge on any atom is -0.507 e. The molecule has 0 bridgehead atoms. The maximum atomic E-state index is 11.4. The van der Waals surface area contributed by atoms with E-state index in [9.17, 15) is 9.90 Å². The Morgan fingerprint density at radius 1 is 1.39 bits per heavy atom. The average Bonchev–Trinajstić information content (AvgIpc) is 2.40. The number of rotatable bonds is 5. The van der Waals surface area contributed by atoms with Gasteiger partial charge in [0, 0.05) is 19.5 Å². The van der Waals surface area contributed by atoms with E-state index in [4.69, 9.17) is 4.74 Å². The van der Waals surface area contributed by atoms with Crippen LogP contribution >= 0.6 is 0 Å². The van der Waals surface area contributed by atoms with Crippen LogP contribution in [0.4, 0.5) is 5.69 Å². The van der Waals surface area contributed by atoms with Crippen LogP contribution < -0.4 is 0 Å². The van der Waals surface area contributed by atoms with Crippen molar-refractivity contribution in [3.05, 3.63) is 36.0 Å². The number of hydrogen-bond donors (Lipinski definition) is 1. The van der Waals surface area contributed by atoms with Gasteiger partial charge in [-0.3, -0.25) is 4.98 Å². The van der Waals surface area contributed by atoms with Gasteiger partial charge in [-0.25, -0.2) is 4.79 Å². The third kappa shape index (κ3) is 3.95. The lowest BCUT2D eigenvalue weighted by atomic mass is 10.4. The molecule has 1 aromatic heterocycles. The van der Waals surface area contributed by atoms with Crippen LogP contribution in [0.25, 0.3) is 0 Å². The molecule has 1 rings (SSSR count). The lowest BCUT2D eigenvalue weighted by molar-refractivity contribution is -0.136. The lowest BCUT2D eigenvalue weighted by Crippen LogP contribution is -2.08. The number of ether oxygens (including phenoxy) is 2. The molecule has 0 atom stereocenters. The van der Waals surface area contributed by atoms with E-state index in [1.807, 2.05) is 0 Å². The maximum absolute atomic E-state index is 11.4. The van der Waals surface area contributed by atoms with Crippen LogP contribution in [0.5, 0.6) is 0 Å². The number of azo groups is 1. The second-order valence-corrected chi connectivity index (χ2v) is 3.13. The Balaban J connectivity index is 2.96. The van der Waals surface area contributed by atoms with Gasteiger partial charge in [0.25, 0.3) is 0 Å². The van der Waals surface area contributed by atoms with E-state index in [0.717, 1.165) is 0 Å². The number of methoxy groups -OCH3 is 2. The third-order valence-electron chi connectivity index (χ3n) is 1.86. The molecule has 0 aromatic carbocycles. The number of hydrogen-bond acceptors (Lipinski definition) is 7. The minimum atomic E-state index is -0.789. The number of carbonyl (C=O) groups excluding carboxylic acids is 1. The fraction of sp³-hybridized carbons (Fsp3) is 0.273. The summed E-state index contributed by atoms with van der Waals surface area (Å²) in [6.07, 6.45) is 3.07. The molecule has 0 spiro atoms. The first-order chi connectivity index (χ1) is 8.69. The van der Waals surface area contributed by atoms with Crippen LogP contribution in [0.15, 0.2) is 46.2 Å². The number of carbonyl (C=O) groups is 1. The molecule has 1 N–H and O–H groups in total. The van der Waals surface area contributed by atoms with Gasteiger partial charge < -0.3 is 14.6 Å². The van der Waals surface area contributed by atoms with Crippen molar-refractivity contribution in [2.75, 3.05) is 20.8 Å². The Kier molecular flexibility index (Phi) is 5.46. The van der Waals surface area contributed by atoms with E-state index in [1.165, 1.54) is 26.6 Å². The quantitative estimate of drug-likeness (QED) is 0.372. The van der Waals surface area contributed by atoms with Crippen molar-refractivity contribution in [1.29, 1.82) is 0 Å². The Bertz CT molecular complexity index is 457. The smallest absolute Gasteiger partial charge is 0.362 e. The zero-order valence-corrected chi connectivity index (χ0v) is 10.0. The van der Waals surface area contributed by atoms with Gasteiger partial charge in [-0.15, -0.1) is 5.11 Å². The summed E-state index contributed by atoms with van der Waals surface area (Å²) in [6.45, 7) is -0.153. The van der Waals surface area contributed by atoms with Gasteiger partial charge in [-0.2, -0.15) is 5.11 Å². The summed E-state index contributed by atoms with van der Waals surface area (Å²) in [5, 5.41) is 17.0. The van der Waals surface area contributed by atoms with Gasteiger partial charge in [0.05, 0.1) is 12.8 Å². The molecule has 0 aliphatic heterocycles. The standard InChI is InChI=1S/C11H13N3O4/c1-17-7-9(15)10(11(16)18-2)14-13-8-3-5-12-6-4-8/h3-6,15H,7H2,1-2H3/b10-9+,14-13?. The molecule has 0 amide bonds. The first-order valence-corrected chi connectivity index (χ1v) is 5.00. The summed E-state index contributed by atoms with van der Waals surface area (Å²) in [5.74, 6) is -1.13. The highest BCUT2D eigenvalue weighted by molar-refractivity contribution is 5.88. The number of esters is 1. The molecule has 7 heteroatoms. The number of nitrogens with zero attached hydrogens (tertiary/aromatic N) is 3. The SMILES string of the molecule is COC/C(O)=C(\N=Nc1ccncc1)C(=O)OC. The molecule has 0 unspecified atom stereocenters. The molecule has 1 aromatic rings. The highest BCUT2D eigenvalue weighted by Crippen LogP contribution is 2.14. The van der Waals surface area contributed by atoms with Gasteiger partial charge in [-0.1, -0.05) is 0 Å². The van der Waals surface area contributed by atoms with Gasteiger partial charge in [0.2, 0.25) is 5.70 Å². The van der Waals surface area contributed by atoms with Crippen LogP contribution in [-0.4, -0.2) is 36.9 Å². The predicted molar refractivity (Wildman–Crippen MR) is 62.3 cm³/mol. The summed E-state index contributed by atoms with van der Waals surface area (Å²) in [7, 11) is 2.56. The third-order valence-corrected chi connectivity index (χ3v) is 1.86.